The third-order valence-corrected chi connectivity index (χ3v) is 5.45. The van der Waals surface area contributed by atoms with Crippen LogP contribution in [0.2, 0.25) is 0 Å². The zero-order valence-corrected chi connectivity index (χ0v) is 15.3. The summed E-state index contributed by atoms with van der Waals surface area (Å²) in [5.74, 6) is 1.23. The van der Waals surface area contributed by atoms with Gasteiger partial charge < -0.3 is 9.80 Å². The van der Waals surface area contributed by atoms with Gasteiger partial charge in [-0.15, -0.1) is 0 Å². The van der Waals surface area contributed by atoms with E-state index in [-0.39, 0.29) is 0 Å². The van der Waals surface area contributed by atoms with Gasteiger partial charge in [0.05, 0.1) is 23.8 Å². The van der Waals surface area contributed by atoms with Crippen LogP contribution in [0.5, 0.6) is 0 Å². The standard InChI is InChI=1S/C20H27N5O/c26-20(25-9-5-1-2-6-10-25)16-23-11-13-24(14-12-23)19-15-21-17-7-3-4-8-18(17)22-19/h3-4,7-8,15H,1-2,5-6,9-14,16H2. The number of piperazine rings is 1. The summed E-state index contributed by atoms with van der Waals surface area (Å²) in [4.78, 5) is 28.4. The number of hydrogen-bond acceptors (Lipinski definition) is 5. The molecular weight excluding hydrogens is 326 g/mol. The molecule has 6 heteroatoms. The van der Waals surface area contributed by atoms with Gasteiger partial charge in [-0.05, 0) is 25.0 Å². The van der Waals surface area contributed by atoms with Crippen LogP contribution in [-0.2, 0) is 4.79 Å². The van der Waals surface area contributed by atoms with Crippen molar-refractivity contribution in [3.63, 3.8) is 0 Å². The number of fused-ring (bicyclic) bond motifs is 1. The van der Waals surface area contributed by atoms with Crippen molar-refractivity contribution in [1.29, 1.82) is 0 Å². The van der Waals surface area contributed by atoms with Gasteiger partial charge in [0, 0.05) is 39.3 Å². The predicted molar refractivity (Wildman–Crippen MR) is 103 cm³/mol. The van der Waals surface area contributed by atoms with E-state index in [1.165, 1.54) is 12.8 Å². The fourth-order valence-electron chi connectivity index (χ4n) is 3.85. The number of benzene rings is 1. The van der Waals surface area contributed by atoms with Gasteiger partial charge in [0.25, 0.3) is 0 Å². The molecule has 2 fully saturated rings. The molecule has 0 N–H and O–H groups in total. The average Bonchev–Trinajstić information content (AvgIpc) is 2.98. The van der Waals surface area contributed by atoms with Crippen molar-refractivity contribution in [2.24, 2.45) is 0 Å². The molecule has 138 valence electrons. The van der Waals surface area contributed by atoms with Gasteiger partial charge in [-0.25, -0.2) is 4.98 Å². The Hall–Kier alpha value is -2.21. The van der Waals surface area contributed by atoms with Gasteiger partial charge in [-0.2, -0.15) is 0 Å². The lowest BCUT2D eigenvalue weighted by Gasteiger charge is -2.35. The number of aromatic nitrogens is 2. The third-order valence-electron chi connectivity index (χ3n) is 5.45. The quantitative estimate of drug-likeness (QED) is 0.846. The second kappa shape index (κ2) is 7.99. The van der Waals surface area contributed by atoms with Crippen LogP contribution in [0, 0.1) is 0 Å². The first-order valence-electron chi connectivity index (χ1n) is 9.76. The van der Waals surface area contributed by atoms with Gasteiger partial charge in [0.1, 0.15) is 5.82 Å². The van der Waals surface area contributed by atoms with Crippen LogP contribution in [0.4, 0.5) is 5.82 Å². The van der Waals surface area contributed by atoms with E-state index in [9.17, 15) is 4.79 Å². The number of amides is 1. The van der Waals surface area contributed by atoms with Gasteiger partial charge in [-0.3, -0.25) is 14.7 Å². The summed E-state index contributed by atoms with van der Waals surface area (Å²) < 4.78 is 0. The second-order valence-electron chi connectivity index (χ2n) is 7.28. The van der Waals surface area contributed by atoms with E-state index >= 15 is 0 Å². The molecule has 26 heavy (non-hydrogen) atoms. The average molecular weight is 353 g/mol. The molecule has 0 aliphatic carbocycles. The molecule has 2 aliphatic rings. The number of rotatable bonds is 3. The van der Waals surface area contributed by atoms with E-state index in [4.69, 9.17) is 4.98 Å². The molecule has 0 saturated carbocycles. The number of carbonyl (C=O) groups is 1. The Bertz CT molecular complexity index is 749. The maximum Gasteiger partial charge on any atom is 0.236 e. The Morgan fingerprint density at radius 1 is 0.885 bits per heavy atom. The van der Waals surface area contributed by atoms with Crippen molar-refractivity contribution < 1.29 is 4.79 Å². The molecule has 4 rings (SSSR count). The van der Waals surface area contributed by atoms with Crippen LogP contribution < -0.4 is 4.90 Å². The number of para-hydroxylation sites is 2. The first-order chi connectivity index (χ1) is 12.8. The van der Waals surface area contributed by atoms with Crippen molar-refractivity contribution in [3.8, 4) is 0 Å². The summed E-state index contributed by atoms with van der Waals surface area (Å²) in [6.07, 6.45) is 6.69. The zero-order valence-electron chi connectivity index (χ0n) is 15.3. The number of anilines is 1. The van der Waals surface area contributed by atoms with E-state index in [2.05, 4.69) is 19.7 Å². The molecule has 0 atom stereocenters. The van der Waals surface area contributed by atoms with Gasteiger partial charge in [0.2, 0.25) is 5.91 Å². The Morgan fingerprint density at radius 2 is 1.58 bits per heavy atom. The lowest BCUT2D eigenvalue weighted by Crippen LogP contribution is -2.50. The fourth-order valence-corrected chi connectivity index (χ4v) is 3.85. The minimum absolute atomic E-state index is 0.297. The number of nitrogens with zero attached hydrogens (tertiary/aromatic N) is 5. The number of hydrogen-bond donors (Lipinski definition) is 0. The lowest BCUT2D eigenvalue weighted by atomic mass is 10.2. The molecule has 1 aromatic carbocycles. The molecule has 3 heterocycles. The van der Waals surface area contributed by atoms with Crippen molar-refractivity contribution in [2.75, 3.05) is 50.7 Å². The van der Waals surface area contributed by atoms with Crippen molar-refractivity contribution in [3.05, 3.63) is 30.5 Å². The van der Waals surface area contributed by atoms with Crippen molar-refractivity contribution >= 4 is 22.8 Å². The maximum absolute atomic E-state index is 12.6. The Morgan fingerprint density at radius 3 is 2.31 bits per heavy atom. The monoisotopic (exact) mass is 353 g/mol. The van der Waals surface area contributed by atoms with E-state index in [1.807, 2.05) is 30.5 Å². The van der Waals surface area contributed by atoms with Crippen LogP contribution in [0.3, 0.4) is 0 Å². The third kappa shape index (κ3) is 3.96. The van der Waals surface area contributed by atoms with Crippen LogP contribution in [-0.4, -0.2) is 71.5 Å². The Balaban J connectivity index is 1.32. The summed E-state index contributed by atoms with van der Waals surface area (Å²) >= 11 is 0. The van der Waals surface area contributed by atoms with E-state index in [0.717, 1.165) is 69.0 Å². The Kier molecular flexibility index (Phi) is 5.29. The fraction of sp³-hybridized carbons (Fsp3) is 0.550. The highest BCUT2D eigenvalue weighted by Crippen LogP contribution is 2.17. The van der Waals surface area contributed by atoms with E-state index in [1.54, 1.807) is 0 Å². The minimum atomic E-state index is 0.297. The van der Waals surface area contributed by atoms with Crippen LogP contribution in [0.1, 0.15) is 25.7 Å². The molecule has 0 spiro atoms. The van der Waals surface area contributed by atoms with Crippen molar-refractivity contribution in [1.82, 2.24) is 19.8 Å². The normalized spacial score (nSPS) is 19.5. The summed E-state index contributed by atoms with van der Waals surface area (Å²) in [5.41, 5.74) is 1.86. The highest BCUT2D eigenvalue weighted by atomic mass is 16.2. The summed E-state index contributed by atoms with van der Waals surface area (Å²) in [7, 11) is 0. The molecule has 6 nitrogen and oxygen atoms in total. The summed E-state index contributed by atoms with van der Waals surface area (Å²) in [6, 6.07) is 7.96. The molecule has 1 amide bonds. The van der Waals surface area contributed by atoms with Crippen LogP contribution >= 0.6 is 0 Å². The molecule has 2 aliphatic heterocycles. The van der Waals surface area contributed by atoms with Gasteiger partial charge in [-0.1, -0.05) is 25.0 Å². The van der Waals surface area contributed by atoms with Crippen molar-refractivity contribution in [2.45, 2.75) is 25.7 Å². The van der Waals surface area contributed by atoms with Crippen LogP contribution in [0.15, 0.2) is 30.5 Å². The highest BCUT2D eigenvalue weighted by Gasteiger charge is 2.23. The molecule has 2 aromatic rings. The molecule has 0 unspecified atom stereocenters. The zero-order chi connectivity index (χ0) is 17.8. The topological polar surface area (TPSA) is 52.6 Å². The second-order valence-corrected chi connectivity index (χ2v) is 7.28. The first kappa shape index (κ1) is 17.2. The molecular formula is C20H27N5O. The molecule has 0 radical (unpaired) electrons. The highest BCUT2D eigenvalue weighted by molar-refractivity contribution is 5.78. The smallest absolute Gasteiger partial charge is 0.236 e. The molecule has 0 bridgehead atoms. The van der Waals surface area contributed by atoms with Gasteiger partial charge >= 0.3 is 0 Å². The molecule has 1 aromatic heterocycles. The largest absolute Gasteiger partial charge is 0.353 e. The van der Waals surface area contributed by atoms with Gasteiger partial charge in [0.15, 0.2) is 0 Å². The Labute approximate surface area is 154 Å². The van der Waals surface area contributed by atoms with E-state index < -0.39 is 0 Å². The number of likely N-dealkylation sites (tertiary alicyclic amines) is 1. The maximum atomic E-state index is 12.6. The number of carbonyl (C=O) groups excluding carboxylic acids is 1. The van der Waals surface area contributed by atoms with E-state index in [0.29, 0.717) is 12.5 Å². The SMILES string of the molecule is O=C(CN1CCN(c2cnc3ccccc3n2)CC1)N1CCCCCC1. The summed E-state index contributed by atoms with van der Waals surface area (Å²) in [6.45, 7) is 6.00. The van der Waals surface area contributed by atoms with Crippen LogP contribution in [0.25, 0.3) is 11.0 Å². The lowest BCUT2D eigenvalue weighted by molar-refractivity contribution is -0.132. The summed E-state index contributed by atoms with van der Waals surface area (Å²) in [5, 5.41) is 0. The minimum Gasteiger partial charge on any atom is -0.353 e. The first-order valence-corrected chi connectivity index (χ1v) is 9.76. The predicted octanol–water partition coefficient (Wildman–Crippen LogP) is 2.15. The molecule has 2 saturated heterocycles.